The van der Waals surface area contributed by atoms with Gasteiger partial charge >= 0.3 is 6.03 Å². The van der Waals surface area contributed by atoms with Gasteiger partial charge in [-0.05, 0) is 49.7 Å². The summed E-state index contributed by atoms with van der Waals surface area (Å²) in [5.74, 6) is -0.618. The monoisotopic (exact) mass is 470 g/mol. The molecule has 1 aromatic carbocycles. The summed E-state index contributed by atoms with van der Waals surface area (Å²) in [7, 11) is 1.64. The molecule has 2 heterocycles. The Bertz CT molecular complexity index is 1040. The maximum Gasteiger partial charge on any atom is 0.321 e. The lowest BCUT2D eigenvalue weighted by atomic mass is 10.00. The number of amides is 3. The molecule has 3 rings (SSSR count). The Kier molecular flexibility index (Phi) is 8.22. The largest absolute Gasteiger partial charge is 0.472 e. The summed E-state index contributed by atoms with van der Waals surface area (Å²) >= 11 is 0. The maximum atomic E-state index is 13.3. The molecule has 0 unspecified atom stereocenters. The van der Waals surface area contributed by atoms with E-state index in [1.165, 1.54) is 29.2 Å². The molecule has 2 aromatic rings. The number of aliphatic hydroxyl groups excluding tert-OH is 1. The molecule has 0 aliphatic carbocycles. The van der Waals surface area contributed by atoms with Crippen LogP contribution in [0.15, 0.2) is 42.6 Å². The van der Waals surface area contributed by atoms with Gasteiger partial charge in [-0.15, -0.1) is 0 Å². The van der Waals surface area contributed by atoms with Gasteiger partial charge in [0.05, 0.1) is 19.2 Å². The normalized spacial score (nSPS) is 19.1. The molecule has 0 saturated heterocycles. The molecule has 1 aromatic heterocycles. The van der Waals surface area contributed by atoms with Gasteiger partial charge in [0, 0.05) is 31.4 Å². The first kappa shape index (κ1) is 25.2. The van der Waals surface area contributed by atoms with Crippen LogP contribution in [0.4, 0.5) is 14.9 Å². The molecule has 182 valence electrons. The lowest BCUT2D eigenvalue weighted by Gasteiger charge is -2.37. The Balaban J connectivity index is 1.85. The highest BCUT2D eigenvalue weighted by atomic mass is 19.1. The number of ether oxygens (including phenoxy) is 1. The van der Waals surface area contributed by atoms with Crippen LogP contribution in [0.5, 0.6) is 5.88 Å². The number of carbonyl (C=O) groups excluding carboxylic acids is 2. The number of nitrogens with zero attached hydrogens (tertiary/aromatic N) is 3. The molecule has 0 saturated carbocycles. The summed E-state index contributed by atoms with van der Waals surface area (Å²) in [6, 6.07) is 6.46. The third-order valence-electron chi connectivity index (χ3n) is 5.80. The number of nitrogens with one attached hydrogen (secondary N) is 1. The Labute approximate surface area is 199 Å². The number of carbonyl (C=O) groups is 2. The van der Waals surface area contributed by atoms with Crippen molar-refractivity contribution in [2.24, 2.45) is 5.92 Å². The average molecular weight is 471 g/mol. The number of likely N-dealkylation sites (N-methyl/N-ethyl adjacent to an activating group) is 1. The number of hydrogen-bond donors (Lipinski definition) is 2. The van der Waals surface area contributed by atoms with E-state index in [9.17, 15) is 19.1 Å². The number of urea groups is 1. The van der Waals surface area contributed by atoms with Gasteiger partial charge in [-0.3, -0.25) is 4.79 Å². The predicted molar refractivity (Wildman–Crippen MR) is 128 cm³/mol. The Morgan fingerprint density at radius 1 is 1.41 bits per heavy atom. The lowest BCUT2D eigenvalue weighted by Crippen LogP contribution is -2.50. The zero-order valence-electron chi connectivity index (χ0n) is 19.9. The van der Waals surface area contributed by atoms with Crippen molar-refractivity contribution in [3.8, 4) is 5.88 Å². The first-order valence-corrected chi connectivity index (χ1v) is 11.2. The second kappa shape index (κ2) is 11.1. The number of rotatable bonds is 6. The number of allylic oxidation sites excluding steroid dienone is 1. The number of pyridine rings is 1. The minimum atomic E-state index is -0.468. The van der Waals surface area contributed by atoms with E-state index in [0.29, 0.717) is 17.8 Å². The minimum absolute atomic E-state index is 0.163. The quantitative estimate of drug-likeness (QED) is 0.672. The van der Waals surface area contributed by atoms with Crippen molar-refractivity contribution in [1.82, 2.24) is 14.8 Å². The number of fused-ring (bicyclic) bond motifs is 1. The first-order valence-electron chi connectivity index (χ1n) is 11.2. The topological polar surface area (TPSA) is 95.0 Å². The highest BCUT2D eigenvalue weighted by molar-refractivity contribution is 5.97. The van der Waals surface area contributed by atoms with Crippen LogP contribution in [0.3, 0.4) is 0 Å². The van der Waals surface area contributed by atoms with Crippen LogP contribution in [0.2, 0.25) is 0 Å². The van der Waals surface area contributed by atoms with E-state index in [4.69, 9.17) is 4.74 Å². The number of aromatic nitrogens is 1. The van der Waals surface area contributed by atoms with E-state index < -0.39 is 12.1 Å². The van der Waals surface area contributed by atoms with Gasteiger partial charge in [-0.25, -0.2) is 14.2 Å². The van der Waals surface area contributed by atoms with Crippen LogP contribution < -0.4 is 10.1 Å². The molecule has 1 aliphatic rings. The Morgan fingerprint density at radius 2 is 2.12 bits per heavy atom. The molecule has 0 fully saturated rings. The fourth-order valence-corrected chi connectivity index (χ4v) is 3.72. The summed E-state index contributed by atoms with van der Waals surface area (Å²) < 4.78 is 19.3. The van der Waals surface area contributed by atoms with Crippen molar-refractivity contribution in [3.63, 3.8) is 0 Å². The summed E-state index contributed by atoms with van der Waals surface area (Å²) in [6.45, 7) is 5.97. The summed E-state index contributed by atoms with van der Waals surface area (Å²) in [6.07, 6.45) is 4.85. The third kappa shape index (κ3) is 5.91. The van der Waals surface area contributed by atoms with Crippen LogP contribution in [0, 0.1) is 11.7 Å². The first-order chi connectivity index (χ1) is 16.2. The van der Waals surface area contributed by atoms with E-state index >= 15 is 0 Å². The molecule has 3 atom stereocenters. The second-order valence-electron chi connectivity index (χ2n) is 8.56. The van der Waals surface area contributed by atoms with Crippen molar-refractivity contribution < 1.29 is 23.8 Å². The summed E-state index contributed by atoms with van der Waals surface area (Å²) in [4.78, 5) is 33.5. The molecule has 8 nitrogen and oxygen atoms in total. The molecule has 1 aliphatic heterocycles. The van der Waals surface area contributed by atoms with Crippen LogP contribution in [-0.4, -0.2) is 70.7 Å². The van der Waals surface area contributed by atoms with Gasteiger partial charge in [0.2, 0.25) is 5.88 Å². The average Bonchev–Trinajstić information content (AvgIpc) is 2.82. The Hall–Kier alpha value is -3.46. The number of benzene rings is 1. The summed E-state index contributed by atoms with van der Waals surface area (Å²) in [5, 5.41) is 12.5. The van der Waals surface area contributed by atoms with Gasteiger partial charge < -0.3 is 25.0 Å². The number of aliphatic hydroxyl groups is 1. The molecule has 3 amide bonds. The van der Waals surface area contributed by atoms with Gasteiger partial charge in [0.25, 0.3) is 5.91 Å². The number of anilines is 1. The molecule has 2 N–H and O–H groups in total. The highest BCUT2D eigenvalue weighted by Crippen LogP contribution is 2.27. The van der Waals surface area contributed by atoms with Gasteiger partial charge in [-0.1, -0.05) is 19.1 Å². The van der Waals surface area contributed by atoms with Crippen molar-refractivity contribution in [3.05, 3.63) is 59.5 Å². The van der Waals surface area contributed by atoms with Crippen molar-refractivity contribution in [2.45, 2.75) is 32.9 Å². The third-order valence-corrected chi connectivity index (χ3v) is 5.80. The van der Waals surface area contributed by atoms with Gasteiger partial charge in [0.1, 0.15) is 17.5 Å². The molecule has 0 spiro atoms. The van der Waals surface area contributed by atoms with E-state index in [1.807, 2.05) is 26.0 Å². The van der Waals surface area contributed by atoms with Gasteiger partial charge in [-0.2, -0.15) is 0 Å². The lowest BCUT2D eigenvalue weighted by molar-refractivity contribution is 0.0356. The van der Waals surface area contributed by atoms with Crippen LogP contribution in [0.1, 0.15) is 36.7 Å². The second-order valence-corrected chi connectivity index (χ2v) is 8.56. The Morgan fingerprint density at radius 3 is 2.76 bits per heavy atom. The van der Waals surface area contributed by atoms with E-state index in [2.05, 4.69) is 10.3 Å². The minimum Gasteiger partial charge on any atom is -0.472 e. The molecule has 0 radical (unpaired) electrons. The van der Waals surface area contributed by atoms with Gasteiger partial charge in [0.15, 0.2) is 0 Å². The molecule has 0 bridgehead atoms. The van der Waals surface area contributed by atoms with Crippen LogP contribution >= 0.6 is 0 Å². The number of halogens is 1. The zero-order chi connectivity index (χ0) is 24.8. The molecular weight excluding hydrogens is 439 g/mol. The highest BCUT2D eigenvalue weighted by Gasteiger charge is 2.34. The zero-order valence-corrected chi connectivity index (χ0v) is 19.9. The van der Waals surface area contributed by atoms with Crippen molar-refractivity contribution in [2.75, 3.05) is 32.1 Å². The smallest absolute Gasteiger partial charge is 0.321 e. The molecular formula is C25H31FN4O4. The van der Waals surface area contributed by atoms with Crippen molar-refractivity contribution in [1.29, 1.82) is 0 Å². The maximum absolute atomic E-state index is 13.3. The van der Waals surface area contributed by atoms with E-state index in [1.54, 1.807) is 31.1 Å². The SMILES string of the molecule is C/C=C/c1cnc2c(c1)C(=O)N([C@@H](C)CO)C[C@@H](C)[C@@H](CN(C)C(=O)Nc1ccc(F)cc1)O2. The number of hydrogen-bond acceptors (Lipinski definition) is 5. The fourth-order valence-electron chi connectivity index (χ4n) is 3.72. The standard InChI is InChI=1S/C25H31FN4O4/c1-5-6-18-11-21-23(27-12-18)34-22(16(2)13-30(24(21)32)17(3)15-31)14-29(4)25(33)28-20-9-7-19(26)8-10-20/h5-12,16-17,22,31H,13-15H2,1-4H3,(H,28,33)/b6-5+/t16-,17+,22-/m1/s1. The van der Waals surface area contributed by atoms with E-state index in [-0.39, 0.29) is 42.7 Å². The van der Waals surface area contributed by atoms with Crippen LogP contribution in [-0.2, 0) is 0 Å². The molecule has 9 heteroatoms. The predicted octanol–water partition coefficient (Wildman–Crippen LogP) is 3.64. The van der Waals surface area contributed by atoms with Crippen molar-refractivity contribution >= 4 is 23.7 Å². The fraction of sp³-hybridized carbons (Fsp3) is 0.400. The summed E-state index contributed by atoms with van der Waals surface area (Å²) in [5.41, 5.74) is 1.55. The van der Waals surface area contributed by atoms with Crippen LogP contribution in [0.25, 0.3) is 6.08 Å². The molecule has 34 heavy (non-hydrogen) atoms. The van der Waals surface area contributed by atoms with E-state index in [0.717, 1.165) is 5.56 Å².